The fraction of sp³-hybridized carbons (Fsp3) is 0.500. The van der Waals surface area contributed by atoms with Crippen molar-refractivity contribution in [2.45, 2.75) is 18.4 Å². The van der Waals surface area contributed by atoms with Crippen LogP contribution >= 0.6 is 0 Å². The van der Waals surface area contributed by atoms with E-state index in [1.807, 2.05) is 0 Å². The molecule has 0 radical (unpaired) electrons. The first-order valence-electron chi connectivity index (χ1n) is 3.17. The summed E-state index contributed by atoms with van der Waals surface area (Å²) in [7, 11) is 0. The van der Waals surface area contributed by atoms with Crippen LogP contribution in [0.3, 0.4) is 0 Å². The van der Waals surface area contributed by atoms with Crippen LogP contribution in [0.1, 0.15) is 12.8 Å². The molecule has 0 heterocycles. The van der Waals surface area contributed by atoms with Crippen LogP contribution in [0.15, 0.2) is 0 Å². The Morgan fingerprint density at radius 3 is 1.18 bits per heavy atom. The van der Waals surface area contributed by atoms with E-state index in [0.29, 0.717) is 0 Å². The molecule has 0 saturated heterocycles. The number of carboxylic acids is 3. The van der Waals surface area contributed by atoms with Crippen molar-refractivity contribution in [3.63, 3.8) is 0 Å². The average Bonchev–Trinajstić information content (AvgIpc) is 1.82. The quantitative estimate of drug-likeness (QED) is 0.362. The van der Waals surface area contributed by atoms with E-state index >= 15 is 0 Å². The molecule has 0 unspecified atom stereocenters. The van der Waals surface area contributed by atoms with Gasteiger partial charge in [-0.15, -0.1) is 0 Å². The molecule has 0 rings (SSSR count). The Morgan fingerprint density at radius 1 is 0.824 bits per heavy atom. The first-order chi connectivity index (χ1) is 5.78. The fourth-order valence-corrected chi connectivity index (χ4v) is 0.714. The first kappa shape index (κ1) is 30.2. The van der Waals surface area contributed by atoms with Crippen LogP contribution in [0.4, 0.5) is 0 Å². The van der Waals surface area contributed by atoms with Gasteiger partial charge < -0.3 is 36.9 Å². The molecule has 0 aromatic carbocycles. The molecule has 0 aliphatic rings. The van der Waals surface area contributed by atoms with Gasteiger partial charge >= 0.3 is 69.3 Å². The Morgan fingerprint density at radius 2 is 1.06 bits per heavy atom. The van der Waals surface area contributed by atoms with Crippen molar-refractivity contribution in [1.82, 2.24) is 0 Å². The molecule has 100 valence electrons. The molecule has 10 N–H and O–H groups in total. The molecule has 0 aliphatic carbocycles. The Labute approximate surface area is 138 Å². The van der Waals surface area contributed by atoms with Gasteiger partial charge in [-0.25, -0.2) is 4.79 Å². The second-order valence-electron chi connectivity index (χ2n) is 2.48. The predicted molar refractivity (Wildman–Crippen MR) is 55.1 cm³/mol. The molecule has 11 heteroatoms. The Hall–Kier alpha value is -0.114. The van der Waals surface area contributed by atoms with Crippen molar-refractivity contribution < 1.29 is 51.2 Å². The minimum atomic E-state index is -2.74. The van der Waals surface area contributed by atoms with Gasteiger partial charge in [-0.1, -0.05) is 0 Å². The molecule has 17 heavy (non-hydrogen) atoms. The Balaban J connectivity index is -0.000000120. The summed E-state index contributed by atoms with van der Waals surface area (Å²) in [6.45, 7) is 0. The Kier molecular flexibility index (Phi) is 21.9. The molecule has 0 aromatic heterocycles. The summed E-state index contributed by atoms with van der Waals surface area (Å²) < 4.78 is 0. The zero-order chi connectivity index (χ0) is 10.6. The van der Waals surface area contributed by atoms with Gasteiger partial charge in [0.1, 0.15) is 0 Å². The van der Waals surface area contributed by atoms with Gasteiger partial charge in [0.25, 0.3) is 0 Å². The number of hydrogen-bond acceptors (Lipinski definition) is 4. The van der Waals surface area contributed by atoms with Crippen LogP contribution in [0, 0.1) is 0 Å². The molecule has 0 fully saturated rings. The van der Waals surface area contributed by atoms with Crippen molar-refractivity contribution in [2.75, 3.05) is 0 Å². The third kappa shape index (κ3) is 12.1. The van der Waals surface area contributed by atoms with E-state index in [9.17, 15) is 14.4 Å². The van der Waals surface area contributed by atoms with Crippen LogP contribution in [-0.2, 0) is 14.4 Å². The maximum atomic E-state index is 10.3. The van der Waals surface area contributed by atoms with Gasteiger partial charge in [0, 0.05) is 0 Å². The number of hydrogen-bond donors (Lipinski definition) is 4. The van der Waals surface area contributed by atoms with Crippen LogP contribution in [0.5, 0.6) is 0 Å². The van der Waals surface area contributed by atoms with Crippen molar-refractivity contribution in [2.24, 2.45) is 0 Å². The number of carbonyl (C=O) groups is 3. The number of aliphatic carboxylic acids is 3. The fourth-order valence-electron chi connectivity index (χ4n) is 0.714. The Bertz CT molecular complexity index is 235. The monoisotopic (exact) mass is 286 g/mol. The molecule has 0 bridgehead atoms. The van der Waals surface area contributed by atoms with Gasteiger partial charge in [-0.2, -0.15) is 0 Å². The summed E-state index contributed by atoms with van der Waals surface area (Å²) in [5.41, 5.74) is -2.74. The normalized spacial score (nSPS) is 8.29. The molecule has 0 amide bonds. The molecule has 0 aromatic rings. The van der Waals surface area contributed by atoms with Crippen LogP contribution in [-0.4, -0.2) is 112 Å². The molecule has 0 saturated carbocycles. The average molecular weight is 286 g/mol. The topological polar surface area (TPSA) is 227 Å². The summed E-state index contributed by atoms with van der Waals surface area (Å²) in [5, 5.41) is 33.8. The van der Waals surface area contributed by atoms with E-state index in [2.05, 4.69) is 0 Å². The first-order valence-corrected chi connectivity index (χ1v) is 3.17. The summed E-state index contributed by atoms with van der Waals surface area (Å²) >= 11 is 0. The van der Waals surface area contributed by atoms with Gasteiger partial charge in [0.2, 0.25) is 0 Å². The van der Waals surface area contributed by atoms with Crippen molar-refractivity contribution >= 4 is 69.3 Å². The predicted octanol–water partition coefficient (Wildman–Crippen LogP) is -4.37. The van der Waals surface area contributed by atoms with Crippen molar-refractivity contribution in [3.8, 4) is 0 Å². The standard InChI is InChI=1S/C6H8O7.K.3H2O.H/c7-3(8)1-6(13,5(11)12)2-4(9)10;;;;;/h13H,1-2H2,(H,7,8)(H,9,10)(H,11,12);;3*1H2;. The van der Waals surface area contributed by atoms with E-state index in [0.717, 1.165) is 0 Å². The molecule has 0 spiro atoms. The maximum absolute atomic E-state index is 10.3. The van der Waals surface area contributed by atoms with E-state index in [1.54, 1.807) is 0 Å². The molecule has 0 atom stereocenters. The third-order valence-electron chi connectivity index (χ3n) is 1.29. The molecular formula is C6H15KO10. The number of rotatable bonds is 5. The zero-order valence-electron chi connectivity index (χ0n) is 7.93. The van der Waals surface area contributed by atoms with E-state index in [1.165, 1.54) is 0 Å². The van der Waals surface area contributed by atoms with E-state index < -0.39 is 36.4 Å². The molecular weight excluding hydrogens is 271 g/mol. The number of aliphatic hydroxyl groups is 1. The third-order valence-corrected chi connectivity index (χ3v) is 1.29. The summed E-state index contributed by atoms with van der Waals surface area (Å²) in [6, 6.07) is 0. The number of carboxylic acid groups (broad SMARTS) is 3. The second-order valence-corrected chi connectivity index (χ2v) is 2.48. The van der Waals surface area contributed by atoms with Crippen molar-refractivity contribution in [1.29, 1.82) is 0 Å². The van der Waals surface area contributed by atoms with Gasteiger partial charge in [-0.05, 0) is 0 Å². The van der Waals surface area contributed by atoms with Gasteiger partial charge in [-0.3, -0.25) is 9.59 Å². The summed E-state index contributed by atoms with van der Waals surface area (Å²) in [4.78, 5) is 30.5. The van der Waals surface area contributed by atoms with Gasteiger partial charge in [0.15, 0.2) is 5.60 Å². The second kappa shape index (κ2) is 12.3. The van der Waals surface area contributed by atoms with Crippen LogP contribution < -0.4 is 0 Å². The molecule has 10 nitrogen and oxygen atoms in total. The zero-order valence-corrected chi connectivity index (χ0v) is 7.93. The van der Waals surface area contributed by atoms with E-state index in [-0.39, 0.29) is 67.8 Å². The summed E-state index contributed by atoms with van der Waals surface area (Å²) in [5.74, 6) is -5.02. The minimum absolute atomic E-state index is 0. The van der Waals surface area contributed by atoms with Crippen LogP contribution in [0.25, 0.3) is 0 Å². The van der Waals surface area contributed by atoms with E-state index in [4.69, 9.17) is 20.4 Å². The van der Waals surface area contributed by atoms with Crippen LogP contribution in [0.2, 0.25) is 0 Å². The summed E-state index contributed by atoms with van der Waals surface area (Å²) in [6.07, 6.45) is -2.29. The SMILES string of the molecule is O.O.O.O=C(O)CC(O)(CC(=O)O)C(=O)O.[KH]. The molecule has 0 aliphatic heterocycles. The van der Waals surface area contributed by atoms with Gasteiger partial charge in [0.05, 0.1) is 12.8 Å². The van der Waals surface area contributed by atoms with Crippen molar-refractivity contribution in [3.05, 3.63) is 0 Å².